The molecule has 0 spiro atoms. The zero-order valence-electron chi connectivity index (χ0n) is 14.2. The molecular formula is C17H26Cl2N2O3. The number of hydrogen-bond donors (Lipinski definition) is 1. The summed E-state index contributed by atoms with van der Waals surface area (Å²) in [6, 6.07) is 5.42. The number of halogens is 2. The summed E-state index contributed by atoms with van der Waals surface area (Å²) in [6.07, 6.45) is 1.30. The van der Waals surface area contributed by atoms with Gasteiger partial charge in [-0.3, -0.25) is 4.79 Å². The van der Waals surface area contributed by atoms with E-state index in [0.717, 1.165) is 44.9 Å². The summed E-state index contributed by atoms with van der Waals surface area (Å²) in [7, 11) is 1.62. The standard InChI is InChI=1S/C17H24N2O3.2ClH/c1-17(5-8-19-9-6-18-7-10-19)12-15(20)14-4-3-13(21-2)11-16(14)22-17;;/h3-4,11,18H,5-10,12H2,1-2H3;2*1H. The Morgan fingerprint density at radius 3 is 2.67 bits per heavy atom. The van der Waals surface area contributed by atoms with Crippen molar-refractivity contribution in [1.82, 2.24) is 10.2 Å². The first-order valence-corrected chi connectivity index (χ1v) is 7.93. The van der Waals surface area contributed by atoms with Crippen molar-refractivity contribution in [3.63, 3.8) is 0 Å². The van der Waals surface area contributed by atoms with E-state index >= 15 is 0 Å². The van der Waals surface area contributed by atoms with E-state index in [2.05, 4.69) is 10.2 Å². The number of nitrogens with one attached hydrogen (secondary N) is 1. The molecule has 7 heteroatoms. The maximum Gasteiger partial charge on any atom is 0.170 e. The van der Waals surface area contributed by atoms with Gasteiger partial charge in [-0.2, -0.15) is 0 Å². The first-order valence-electron chi connectivity index (χ1n) is 7.93. The van der Waals surface area contributed by atoms with Crippen LogP contribution in [0.1, 0.15) is 30.1 Å². The zero-order chi connectivity index (χ0) is 15.6. The third kappa shape index (κ3) is 4.76. The number of benzene rings is 1. The van der Waals surface area contributed by atoms with Crippen molar-refractivity contribution >= 4 is 30.6 Å². The van der Waals surface area contributed by atoms with Gasteiger partial charge in [0.2, 0.25) is 0 Å². The number of nitrogens with zero attached hydrogens (tertiary/aromatic N) is 1. The first kappa shape index (κ1) is 21.0. The summed E-state index contributed by atoms with van der Waals surface area (Å²) in [6.45, 7) is 7.20. The van der Waals surface area contributed by atoms with Gasteiger partial charge in [0.05, 0.1) is 19.1 Å². The number of rotatable bonds is 4. The smallest absolute Gasteiger partial charge is 0.170 e. The predicted octanol–water partition coefficient (Wildman–Crippen LogP) is 2.56. The Bertz CT molecular complexity index is 565. The lowest BCUT2D eigenvalue weighted by Gasteiger charge is -2.37. The van der Waals surface area contributed by atoms with Crippen molar-refractivity contribution in [2.75, 3.05) is 39.8 Å². The fraction of sp³-hybridized carbons (Fsp3) is 0.588. The van der Waals surface area contributed by atoms with Crippen molar-refractivity contribution in [1.29, 1.82) is 0 Å². The average molecular weight is 377 g/mol. The minimum Gasteiger partial charge on any atom is -0.497 e. The Morgan fingerprint density at radius 1 is 1.29 bits per heavy atom. The highest BCUT2D eigenvalue weighted by Gasteiger charge is 2.36. The lowest BCUT2D eigenvalue weighted by Crippen LogP contribution is -2.47. The fourth-order valence-electron chi connectivity index (χ4n) is 3.15. The third-order valence-corrected chi connectivity index (χ3v) is 4.55. The van der Waals surface area contributed by atoms with Gasteiger partial charge >= 0.3 is 0 Å². The van der Waals surface area contributed by atoms with Crippen LogP contribution in [0.5, 0.6) is 11.5 Å². The Labute approximate surface area is 155 Å². The molecule has 1 unspecified atom stereocenters. The van der Waals surface area contributed by atoms with Crippen molar-refractivity contribution in [3.8, 4) is 11.5 Å². The number of ether oxygens (including phenoxy) is 2. The van der Waals surface area contributed by atoms with Gasteiger partial charge in [-0.15, -0.1) is 24.8 Å². The summed E-state index contributed by atoms with van der Waals surface area (Å²) in [5.41, 5.74) is 0.238. The highest BCUT2D eigenvalue weighted by molar-refractivity contribution is 6.00. The minimum atomic E-state index is -0.429. The molecule has 0 radical (unpaired) electrons. The molecule has 0 aromatic heterocycles. The molecule has 1 atom stereocenters. The molecule has 1 saturated heterocycles. The molecule has 0 aliphatic carbocycles. The quantitative estimate of drug-likeness (QED) is 0.874. The molecule has 5 nitrogen and oxygen atoms in total. The summed E-state index contributed by atoms with van der Waals surface area (Å²) in [5, 5.41) is 3.35. The summed E-state index contributed by atoms with van der Waals surface area (Å²) in [4.78, 5) is 14.8. The van der Waals surface area contributed by atoms with E-state index in [1.807, 2.05) is 19.1 Å². The normalized spacial score (nSPS) is 23.3. The molecule has 2 heterocycles. The molecule has 1 aromatic rings. The molecular weight excluding hydrogens is 351 g/mol. The highest BCUT2D eigenvalue weighted by atomic mass is 35.5. The number of Topliss-reactive ketones (excluding diaryl/α,β-unsaturated/α-hetero) is 1. The Balaban J connectivity index is 0.00000144. The number of carbonyl (C=O) groups excluding carboxylic acids is 1. The maximum absolute atomic E-state index is 12.4. The number of hydrogen-bond acceptors (Lipinski definition) is 5. The van der Waals surface area contributed by atoms with E-state index in [-0.39, 0.29) is 30.6 Å². The molecule has 136 valence electrons. The van der Waals surface area contributed by atoms with E-state index in [1.165, 1.54) is 0 Å². The van der Waals surface area contributed by atoms with Crippen LogP contribution >= 0.6 is 24.8 Å². The fourth-order valence-corrected chi connectivity index (χ4v) is 3.15. The van der Waals surface area contributed by atoms with Gasteiger partial charge < -0.3 is 19.7 Å². The van der Waals surface area contributed by atoms with E-state index in [1.54, 1.807) is 13.2 Å². The highest BCUT2D eigenvalue weighted by Crippen LogP contribution is 2.37. The lowest BCUT2D eigenvalue weighted by atomic mass is 9.88. The predicted molar refractivity (Wildman–Crippen MR) is 99.4 cm³/mol. The van der Waals surface area contributed by atoms with Crippen LogP contribution < -0.4 is 14.8 Å². The molecule has 2 aliphatic rings. The zero-order valence-corrected chi connectivity index (χ0v) is 15.8. The number of piperazine rings is 1. The number of methoxy groups -OCH3 is 1. The van der Waals surface area contributed by atoms with E-state index in [9.17, 15) is 4.79 Å². The monoisotopic (exact) mass is 376 g/mol. The van der Waals surface area contributed by atoms with Gasteiger partial charge in [-0.05, 0) is 25.5 Å². The second-order valence-corrected chi connectivity index (χ2v) is 6.36. The van der Waals surface area contributed by atoms with Crippen LogP contribution in [0.2, 0.25) is 0 Å². The molecule has 1 aromatic carbocycles. The van der Waals surface area contributed by atoms with Crippen LogP contribution in [-0.4, -0.2) is 56.1 Å². The van der Waals surface area contributed by atoms with Crippen LogP contribution in [0.25, 0.3) is 0 Å². The first-order chi connectivity index (χ1) is 10.6. The van der Waals surface area contributed by atoms with Gasteiger partial charge in [0, 0.05) is 38.8 Å². The number of carbonyl (C=O) groups is 1. The molecule has 1 fully saturated rings. The maximum atomic E-state index is 12.4. The lowest BCUT2D eigenvalue weighted by molar-refractivity contribution is 0.0386. The van der Waals surface area contributed by atoms with Crippen LogP contribution in [-0.2, 0) is 0 Å². The molecule has 2 aliphatic heterocycles. The van der Waals surface area contributed by atoms with E-state index in [4.69, 9.17) is 9.47 Å². The van der Waals surface area contributed by atoms with E-state index < -0.39 is 5.60 Å². The second kappa shape index (κ2) is 8.90. The van der Waals surface area contributed by atoms with Crippen molar-refractivity contribution in [2.24, 2.45) is 0 Å². The minimum absolute atomic E-state index is 0. The summed E-state index contributed by atoms with van der Waals surface area (Å²) >= 11 is 0. The van der Waals surface area contributed by atoms with Crippen molar-refractivity contribution in [2.45, 2.75) is 25.4 Å². The van der Waals surface area contributed by atoms with Crippen LogP contribution in [0.15, 0.2) is 18.2 Å². The third-order valence-electron chi connectivity index (χ3n) is 4.55. The SMILES string of the molecule is COc1ccc2c(c1)OC(C)(CCN1CCNCC1)CC2=O.Cl.Cl. The Morgan fingerprint density at radius 2 is 2.00 bits per heavy atom. The van der Waals surface area contributed by atoms with Crippen LogP contribution in [0.3, 0.4) is 0 Å². The largest absolute Gasteiger partial charge is 0.497 e. The Hall–Kier alpha value is -1.01. The second-order valence-electron chi connectivity index (χ2n) is 6.36. The van der Waals surface area contributed by atoms with Gasteiger partial charge in [0.25, 0.3) is 0 Å². The number of fused-ring (bicyclic) bond motifs is 1. The molecule has 24 heavy (non-hydrogen) atoms. The van der Waals surface area contributed by atoms with Gasteiger partial charge in [0.1, 0.15) is 17.1 Å². The average Bonchev–Trinajstić information content (AvgIpc) is 2.53. The Kier molecular flexibility index (Phi) is 7.80. The molecule has 3 rings (SSSR count). The molecule has 0 bridgehead atoms. The van der Waals surface area contributed by atoms with Gasteiger partial charge in [-0.25, -0.2) is 0 Å². The van der Waals surface area contributed by atoms with Crippen molar-refractivity contribution in [3.05, 3.63) is 23.8 Å². The van der Waals surface area contributed by atoms with Crippen molar-refractivity contribution < 1.29 is 14.3 Å². The molecule has 0 saturated carbocycles. The summed E-state index contributed by atoms with van der Waals surface area (Å²) < 4.78 is 11.4. The van der Waals surface area contributed by atoms with Gasteiger partial charge in [0.15, 0.2) is 5.78 Å². The summed E-state index contributed by atoms with van der Waals surface area (Å²) in [5.74, 6) is 1.53. The number of ketones is 1. The van der Waals surface area contributed by atoms with Crippen LogP contribution in [0, 0.1) is 0 Å². The van der Waals surface area contributed by atoms with Gasteiger partial charge in [-0.1, -0.05) is 0 Å². The van der Waals surface area contributed by atoms with Crippen LogP contribution in [0.4, 0.5) is 0 Å². The topological polar surface area (TPSA) is 50.8 Å². The van der Waals surface area contributed by atoms with E-state index in [0.29, 0.717) is 17.7 Å². The molecule has 1 N–H and O–H groups in total. The molecule has 0 amide bonds.